The molecule has 3 N–H and O–H groups in total. The number of nitrogen functional groups attached to an aromatic ring is 1. The molecule has 0 spiro atoms. The van der Waals surface area contributed by atoms with Gasteiger partial charge in [-0.15, -0.1) is 0 Å². The fourth-order valence-electron chi connectivity index (χ4n) is 2.22. The van der Waals surface area contributed by atoms with Crippen molar-refractivity contribution < 1.29 is 0 Å². The Hall–Kier alpha value is -0.900. The van der Waals surface area contributed by atoms with E-state index in [9.17, 15) is 0 Å². The molecule has 0 aromatic carbocycles. The minimum Gasteiger partial charge on any atom is -0.396 e. The number of rotatable bonds is 4. The summed E-state index contributed by atoms with van der Waals surface area (Å²) >= 11 is 2.04. The number of hydrogen-bond acceptors (Lipinski definition) is 4. The first-order chi connectivity index (χ1) is 7.81. The molecule has 16 heavy (non-hydrogen) atoms. The van der Waals surface area contributed by atoms with Gasteiger partial charge < -0.3 is 11.1 Å². The van der Waals surface area contributed by atoms with Crippen LogP contribution in [-0.4, -0.2) is 22.0 Å². The molecular weight excluding hydrogens is 218 g/mol. The summed E-state index contributed by atoms with van der Waals surface area (Å²) in [7, 11) is 0. The summed E-state index contributed by atoms with van der Waals surface area (Å²) in [6, 6.07) is 4.29. The Labute approximate surface area is 101 Å². The van der Waals surface area contributed by atoms with E-state index in [1.165, 1.54) is 25.0 Å². The predicted octanol–water partition coefficient (Wildman–Crippen LogP) is 2.75. The molecule has 1 fully saturated rings. The second kappa shape index (κ2) is 5.43. The van der Waals surface area contributed by atoms with Crippen molar-refractivity contribution in [3.05, 3.63) is 18.3 Å². The van der Waals surface area contributed by atoms with Crippen molar-refractivity contribution in [2.24, 2.45) is 0 Å². The second-order valence-corrected chi connectivity index (χ2v) is 5.63. The van der Waals surface area contributed by atoms with Crippen LogP contribution in [0.1, 0.15) is 26.2 Å². The zero-order valence-corrected chi connectivity index (χ0v) is 10.5. The number of pyridine rings is 1. The third kappa shape index (κ3) is 2.61. The van der Waals surface area contributed by atoms with Gasteiger partial charge in [0.1, 0.15) is 5.82 Å². The van der Waals surface area contributed by atoms with Gasteiger partial charge in [0.15, 0.2) is 0 Å². The van der Waals surface area contributed by atoms with Crippen LogP contribution in [0, 0.1) is 0 Å². The molecule has 0 bridgehead atoms. The lowest BCUT2D eigenvalue weighted by molar-refractivity contribution is 0.763. The number of anilines is 2. The minimum absolute atomic E-state index is 0.530. The molecule has 1 aromatic rings. The molecule has 0 amide bonds. The number of aromatic nitrogens is 1. The molecule has 2 rings (SSSR count). The lowest BCUT2D eigenvalue weighted by atomic mass is 10.2. The topological polar surface area (TPSA) is 50.9 Å². The Morgan fingerprint density at radius 3 is 3.19 bits per heavy atom. The van der Waals surface area contributed by atoms with E-state index in [2.05, 4.69) is 17.2 Å². The molecule has 0 saturated heterocycles. The van der Waals surface area contributed by atoms with Crippen LogP contribution < -0.4 is 11.1 Å². The zero-order chi connectivity index (χ0) is 11.4. The maximum atomic E-state index is 5.89. The molecular formula is C12H19N3S. The average molecular weight is 237 g/mol. The smallest absolute Gasteiger partial charge is 0.149 e. The van der Waals surface area contributed by atoms with E-state index < -0.39 is 0 Å². The summed E-state index contributed by atoms with van der Waals surface area (Å²) in [5.74, 6) is 2.02. The first kappa shape index (κ1) is 11.6. The summed E-state index contributed by atoms with van der Waals surface area (Å²) in [6.07, 6.45) is 5.63. The maximum absolute atomic E-state index is 5.89. The number of nitrogens with one attached hydrogen (secondary N) is 1. The van der Waals surface area contributed by atoms with Crippen molar-refractivity contribution in [2.45, 2.75) is 37.5 Å². The molecule has 0 aliphatic heterocycles. The van der Waals surface area contributed by atoms with Crippen LogP contribution in [0.15, 0.2) is 18.3 Å². The largest absolute Gasteiger partial charge is 0.396 e. The fourth-order valence-corrected chi connectivity index (χ4v) is 3.42. The minimum atomic E-state index is 0.530. The third-order valence-electron chi connectivity index (χ3n) is 2.99. The first-order valence-electron chi connectivity index (χ1n) is 5.90. The Balaban J connectivity index is 2.01. The third-order valence-corrected chi connectivity index (χ3v) is 4.32. The molecule has 1 heterocycles. The highest BCUT2D eigenvalue weighted by molar-refractivity contribution is 7.99. The molecule has 2 unspecified atom stereocenters. The lowest BCUT2D eigenvalue weighted by Crippen LogP contribution is -2.27. The highest BCUT2D eigenvalue weighted by atomic mass is 32.2. The van der Waals surface area contributed by atoms with E-state index in [0.29, 0.717) is 11.3 Å². The van der Waals surface area contributed by atoms with Crippen LogP contribution >= 0.6 is 11.8 Å². The lowest BCUT2D eigenvalue weighted by Gasteiger charge is -2.21. The summed E-state index contributed by atoms with van der Waals surface area (Å²) < 4.78 is 0. The molecule has 2 atom stereocenters. The molecule has 1 aliphatic carbocycles. The summed E-state index contributed by atoms with van der Waals surface area (Å²) in [5, 5.41) is 4.20. The van der Waals surface area contributed by atoms with Crippen molar-refractivity contribution >= 4 is 23.3 Å². The van der Waals surface area contributed by atoms with E-state index in [0.717, 1.165) is 11.5 Å². The molecule has 4 heteroatoms. The van der Waals surface area contributed by atoms with Gasteiger partial charge in [0.05, 0.1) is 5.69 Å². The van der Waals surface area contributed by atoms with Gasteiger partial charge in [0.25, 0.3) is 0 Å². The highest BCUT2D eigenvalue weighted by Gasteiger charge is 2.27. The summed E-state index contributed by atoms with van der Waals surface area (Å²) in [5.41, 5.74) is 6.63. The Kier molecular flexibility index (Phi) is 3.93. The van der Waals surface area contributed by atoms with Crippen molar-refractivity contribution in [1.29, 1.82) is 0 Å². The molecule has 1 saturated carbocycles. The van der Waals surface area contributed by atoms with E-state index in [1.54, 1.807) is 6.20 Å². The first-order valence-corrected chi connectivity index (χ1v) is 6.94. The Morgan fingerprint density at radius 1 is 1.56 bits per heavy atom. The van der Waals surface area contributed by atoms with E-state index in [1.807, 2.05) is 23.9 Å². The van der Waals surface area contributed by atoms with E-state index >= 15 is 0 Å². The van der Waals surface area contributed by atoms with Crippen LogP contribution in [-0.2, 0) is 0 Å². The molecule has 0 radical (unpaired) electrons. The fraction of sp³-hybridized carbons (Fsp3) is 0.583. The predicted molar refractivity (Wildman–Crippen MR) is 71.8 cm³/mol. The Bertz CT molecular complexity index is 343. The van der Waals surface area contributed by atoms with Gasteiger partial charge >= 0.3 is 0 Å². The normalized spacial score (nSPS) is 24.6. The van der Waals surface area contributed by atoms with E-state index in [4.69, 9.17) is 5.73 Å². The van der Waals surface area contributed by atoms with Crippen LogP contribution in [0.4, 0.5) is 11.5 Å². The molecule has 88 valence electrons. The highest BCUT2D eigenvalue weighted by Crippen LogP contribution is 2.32. The second-order valence-electron chi connectivity index (χ2n) is 4.12. The quantitative estimate of drug-likeness (QED) is 0.845. The van der Waals surface area contributed by atoms with Crippen molar-refractivity contribution in [3.8, 4) is 0 Å². The number of nitrogens with zero attached hydrogens (tertiary/aromatic N) is 1. The number of hydrogen-bond donors (Lipinski definition) is 2. The van der Waals surface area contributed by atoms with Crippen molar-refractivity contribution in [2.75, 3.05) is 16.8 Å². The van der Waals surface area contributed by atoms with Crippen molar-refractivity contribution in [3.63, 3.8) is 0 Å². The van der Waals surface area contributed by atoms with E-state index in [-0.39, 0.29) is 0 Å². The van der Waals surface area contributed by atoms with Gasteiger partial charge in [0.2, 0.25) is 0 Å². The summed E-state index contributed by atoms with van der Waals surface area (Å²) in [6.45, 7) is 2.22. The monoisotopic (exact) mass is 237 g/mol. The average Bonchev–Trinajstić information content (AvgIpc) is 2.70. The van der Waals surface area contributed by atoms with Gasteiger partial charge in [-0.2, -0.15) is 11.8 Å². The van der Waals surface area contributed by atoms with Gasteiger partial charge in [-0.05, 0) is 30.7 Å². The van der Waals surface area contributed by atoms with Gasteiger partial charge in [-0.1, -0.05) is 13.3 Å². The van der Waals surface area contributed by atoms with Gasteiger partial charge in [0, 0.05) is 17.5 Å². The molecule has 1 aliphatic rings. The van der Waals surface area contributed by atoms with Crippen molar-refractivity contribution in [1.82, 2.24) is 4.98 Å². The molecule has 1 aromatic heterocycles. The molecule has 3 nitrogen and oxygen atoms in total. The van der Waals surface area contributed by atoms with Gasteiger partial charge in [-0.3, -0.25) is 0 Å². The SMILES string of the molecule is CCSC1CCCC1Nc1ncccc1N. The van der Waals surface area contributed by atoms with Gasteiger partial charge in [-0.25, -0.2) is 4.98 Å². The van der Waals surface area contributed by atoms with Crippen LogP contribution in [0.5, 0.6) is 0 Å². The number of thioether (sulfide) groups is 1. The van der Waals surface area contributed by atoms with Crippen LogP contribution in [0.2, 0.25) is 0 Å². The standard InChI is InChI=1S/C12H19N3S/c1-2-16-11-7-3-6-10(11)15-12-9(13)5-4-8-14-12/h4-5,8,10-11H,2-3,6-7,13H2,1H3,(H,14,15). The maximum Gasteiger partial charge on any atom is 0.149 e. The summed E-state index contributed by atoms with van der Waals surface area (Å²) in [4.78, 5) is 4.29. The zero-order valence-electron chi connectivity index (χ0n) is 9.65. The van der Waals surface area contributed by atoms with Crippen LogP contribution in [0.3, 0.4) is 0 Å². The van der Waals surface area contributed by atoms with Crippen LogP contribution in [0.25, 0.3) is 0 Å². The Morgan fingerprint density at radius 2 is 2.44 bits per heavy atom. The number of nitrogens with two attached hydrogens (primary N) is 1.